The van der Waals surface area contributed by atoms with E-state index in [1.165, 1.54) is 0 Å². The van der Waals surface area contributed by atoms with Gasteiger partial charge in [0.1, 0.15) is 11.9 Å². The molecule has 0 aromatic rings. The third-order valence-corrected chi connectivity index (χ3v) is 3.21. The highest BCUT2D eigenvalue weighted by Gasteiger charge is 2.36. The molecule has 1 amide bonds. The Morgan fingerprint density at radius 2 is 1.89 bits per heavy atom. The van der Waals surface area contributed by atoms with Crippen LogP contribution in [0.2, 0.25) is 0 Å². The van der Waals surface area contributed by atoms with Crippen LogP contribution in [-0.4, -0.2) is 48.7 Å². The molecule has 0 unspecified atom stereocenters. The number of hydrogen-bond donors (Lipinski definition) is 0. The van der Waals surface area contributed by atoms with Gasteiger partial charge in [-0.2, -0.15) is 0 Å². The molecule has 0 aromatic carbocycles. The molecular formula is C13H23NO4. The Labute approximate surface area is 108 Å². The maximum absolute atomic E-state index is 11.9. The van der Waals surface area contributed by atoms with Crippen LogP contribution >= 0.6 is 0 Å². The van der Waals surface area contributed by atoms with E-state index in [9.17, 15) is 9.59 Å². The van der Waals surface area contributed by atoms with E-state index in [4.69, 9.17) is 9.47 Å². The first-order valence-electron chi connectivity index (χ1n) is 6.29. The SMILES string of the molecule is COC1(CC=O)CCN(C(=O)OC(C)(C)C)CC1. The van der Waals surface area contributed by atoms with Crippen LogP contribution in [0, 0.1) is 0 Å². The zero-order chi connectivity index (χ0) is 13.8. The highest BCUT2D eigenvalue weighted by Crippen LogP contribution is 2.29. The van der Waals surface area contributed by atoms with Gasteiger partial charge in [0, 0.05) is 26.6 Å². The Hall–Kier alpha value is -1.10. The summed E-state index contributed by atoms with van der Waals surface area (Å²) in [4.78, 5) is 24.2. The monoisotopic (exact) mass is 257 g/mol. The number of carbonyl (C=O) groups excluding carboxylic acids is 2. The first-order chi connectivity index (χ1) is 8.32. The number of nitrogens with zero attached hydrogens (tertiary/aromatic N) is 1. The Bertz CT molecular complexity index is 301. The summed E-state index contributed by atoms with van der Waals surface area (Å²) >= 11 is 0. The van der Waals surface area contributed by atoms with E-state index in [0.29, 0.717) is 32.4 Å². The van der Waals surface area contributed by atoms with Crippen molar-refractivity contribution in [2.45, 2.75) is 51.2 Å². The van der Waals surface area contributed by atoms with Crippen LogP contribution < -0.4 is 0 Å². The Balaban J connectivity index is 2.53. The van der Waals surface area contributed by atoms with Crippen molar-refractivity contribution in [3.8, 4) is 0 Å². The van der Waals surface area contributed by atoms with Gasteiger partial charge in [-0.3, -0.25) is 0 Å². The van der Waals surface area contributed by atoms with Gasteiger partial charge in [0.25, 0.3) is 0 Å². The molecule has 5 nitrogen and oxygen atoms in total. The van der Waals surface area contributed by atoms with Crippen LogP contribution in [0.15, 0.2) is 0 Å². The van der Waals surface area contributed by atoms with E-state index in [1.54, 1.807) is 12.0 Å². The largest absolute Gasteiger partial charge is 0.444 e. The molecule has 5 heteroatoms. The number of likely N-dealkylation sites (tertiary alicyclic amines) is 1. The molecule has 18 heavy (non-hydrogen) atoms. The molecule has 0 aromatic heterocycles. The highest BCUT2D eigenvalue weighted by atomic mass is 16.6. The number of aldehydes is 1. The van der Waals surface area contributed by atoms with Gasteiger partial charge < -0.3 is 19.2 Å². The summed E-state index contributed by atoms with van der Waals surface area (Å²) in [5.41, 5.74) is -0.879. The normalized spacial score (nSPS) is 19.4. The predicted octanol–water partition coefficient (Wildman–Crippen LogP) is 1.99. The zero-order valence-corrected chi connectivity index (χ0v) is 11.7. The van der Waals surface area contributed by atoms with Crippen molar-refractivity contribution in [2.24, 2.45) is 0 Å². The summed E-state index contributed by atoms with van der Waals surface area (Å²) < 4.78 is 10.8. The van der Waals surface area contributed by atoms with Crippen LogP contribution in [0.1, 0.15) is 40.0 Å². The van der Waals surface area contributed by atoms with Gasteiger partial charge in [-0.15, -0.1) is 0 Å². The molecule has 104 valence electrons. The van der Waals surface area contributed by atoms with Gasteiger partial charge in [-0.1, -0.05) is 0 Å². The second-order valence-corrected chi connectivity index (χ2v) is 5.73. The summed E-state index contributed by atoms with van der Waals surface area (Å²) in [5, 5.41) is 0. The number of carbonyl (C=O) groups is 2. The van der Waals surface area contributed by atoms with E-state index >= 15 is 0 Å². The van der Waals surface area contributed by atoms with Gasteiger partial charge in [0.05, 0.1) is 5.60 Å². The molecule has 1 saturated heterocycles. The van der Waals surface area contributed by atoms with Gasteiger partial charge in [-0.05, 0) is 33.6 Å². The summed E-state index contributed by atoms with van der Waals surface area (Å²) in [6.07, 6.45) is 2.31. The number of amides is 1. The lowest BCUT2D eigenvalue weighted by molar-refractivity contribution is -0.117. The standard InChI is InChI=1S/C13H23NO4/c1-12(2,3)18-11(16)14-8-5-13(17-4,6-9-14)7-10-15/h10H,5-9H2,1-4H3. The van der Waals surface area contributed by atoms with Crippen molar-refractivity contribution in [3.05, 3.63) is 0 Å². The fraction of sp³-hybridized carbons (Fsp3) is 0.846. The van der Waals surface area contributed by atoms with E-state index in [1.807, 2.05) is 20.8 Å². The van der Waals surface area contributed by atoms with Crippen LogP contribution in [0.25, 0.3) is 0 Å². The minimum absolute atomic E-state index is 0.293. The molecule has 0 spiro atoms. The maximum Gasteiger partial charge on any atom is 0.410 e. The molecule has 0 radical (unpaired) electrons. The van der Waals surface area contributed by atoms with Crippen molar-refractivity contribution < 1.29 is 19.1 Å². The number of ether oxygens (including phenoxy) is 2. The van der Waals surface area contributed by atoms with Crippen molar-refractivity contribution >= 4 is 12.4 Å². The minimum Gasteiger partial charge on any atom is -0.444 e. The summed E-state index contributed by atoms with van der Waals surface area (Å²) in [6.45, 7) is 6.68. The van der Waals surface area contributed by atoms with Crippen molar-refractivity contribution in [1.29, 1.82) is 0 Å². The van der Waals surface area contributed by atoms with E-state index in [0.717, 1.165) is 6.29 Å². The highest BCUT2D eigenvalue weighted by molar-refractivity contribution is 5.68. The minimum atomic E-state index is -0.477. The van der Waals surface area contributed by atoms with E-state index < -0.39 is 11.2 Å². The molecule has 0 bridgehead atoms. The quantitative estimate of drug-likeness (QED) is 0.726. The number of hydrogen-bond acceptors (Lipinski definition) is 4. The second kappa shape index (κ2) is 5.69. The molecule has 1 aliphatic rings. The molecule has 1 heterocycles. The van der Waals surface area contributed by atoms with Crippen molar-refractivity contribution in [1.82, 2.24) is 4.90 Å². The molecule has 1 aliphatic heterocycles. The number of piperidine rings is 1. The first-order valence-corrected chi connectivity index (χ1v) is 6.29. The third kappa shape index (κ3) is 3.98. The molecule has 0 saturated carbocycles. The topological polar surface area (TPSA) is 55.8 Å². The molecule has 0 aliphatic carbocycles. The van der Waals surface area contributed by atoms with E-state index in [2.05, 4.69) is 0 Å². The van der Waals surface area contributed by atoms with Crippen molar-refractivity contribution in [2.75, 3.05) is 20.2 Å². The maximum atomic E-state index is 11.9. The van der Waals surface area contributed by atoms with Gasteiger partial charge in [0.2, 0.25) is 0 Å². The lowest BCUT2D eigenvalue weighted by atomic mass is 9.88. The number of rotatable bonds is 3. The van der Waals surface area contributed by atoms with Crippen LogP contribution in [0.4, 0.5) is 4.79 Å². The average molecular weight is 257 g/mol. The molecule has 1 fully saturated rings. The molecule has 0 N–H and O–H groups in total. The fourth-order valence-electron chi connectivity index (χ4n) is 2.07. The average Bonchev–Trinajstić information content (AvgIpc) is 2.28. The van der Waals surface area contributed by atoms with Gasteiger partial charge >= 0.3 is 6.09 Å². The lowest BCUT2D eigenvalue weighted by Crippen LogP contribution is -2.49. The summed E-state index contributed by atoms with van der Waals surface area (Å²) in [6, 6.07) is 0. The Morgan fingerprint density at radius 3 is 2.28 bits per heavy atom. The summed E-state index contributed by atoms with van der Waals surface area (Å²) in [7, 11) is 1.62. The predicted molar refractivity (Wildman–Crippen MR) is 67.5 cm³/mol. The van der Waals surface area contributed by atoms with Crippen LogP contribution in [-0.2, 0) is 14.3 Å². The smallest absolute Gasteiger partial charge is 0.410 e. The zero-order valence-electron chi connectivity index (χ0n) is 11.7. The number of methoxy groups -OCH3 is 1. The molecule has 1 rings (SSSR count). The van der Waals surface area contributed by atoms with E-state index in [-0.39, 0.29) is 6.09 Å². The summed E-state index contributed by atoms with van der Waals surface area (Å²) in [5.74, 6) is 0. The first kappa shape index (κ1) is 15.0. The second-order valence-electron chi connectivity index (χ2n) is 5.73. The van der Waals surface area contributed by atoms with Gasteiger partial charge in [0.15, 0.2) is 0 Å². The van der Waals surface area contributed by atoms with Gasteiger partial charge in [-0.25, -0.2) is 4.79 Å². The lowest BCUT2D eigenvalue weighted by Gasteiger charge is -2.40. The third-order valence-electron chi connectivity index (χ3n) is 3.21. The fourth-order valence-corrected chi connectivity index (χ4v) is 2.07. The molecule has 0 atom stereocenters. The Kier molecular flexibility index (Phi) is 4.73. The van der Waals surface area contributed by atoms with Crippen LogP contribution in [0.3, 0.4) is 0 Å². The Morgan fingerprint density at radius 1 is 1.33 bits per heavy atom. The molecular weight excluding hydrogens is 234 g/mol. The van der Waals surface area contributed by atoms with Crippen LogP contribution in [0.5, 0.6) is 0 Å². The van der Waals surface area contributed by atoms with Crippen molar-refractivity contribution in [3.63, 3.8) is 0 Å².